The molecule has 5 nitrogen and oxygen atoms in total. The van der Waals surface area contributed by atoms with Gasteiger partial charge in [-0.1, -0.05) is 13.0 Å². The summed E-state index contributed by atoms with van der Waals surface area (Å²) in [5.74, 6) is -0.191. The van der Waals surface area contributed by atoms with Crippen LogP contribution in [0.1, 0.15) is 35.9 Å². The minimum Gasteiger partial charge on any atom is -0.394 e. The number of hydrogen-bond acceptors (Lipinski definition) is 4. The van der Waals surface area contributed by atoms with E-state index in [1.165, 1.54) is 11.3 Å². The van der Waals surface area contributed by atoms with E-state index in [1.54, 1.807) is 6.07 Å². The van der Waals surface area contributed by atoms with Crippen molar-refractivity contribution in [2.24, 2.45) is 0 Å². The third kappa shape index (κ3) is 5.85. The summed E-state index contributed by atoms with van der Waals surface area (Å²) in [7, 11) is 0. The van der Waals surface area contributed by atoms with Gasteiger partial charge in [0.25, 0.3) is 5.91 Å². The van der Waals surface area contributed by atoms with Gasteiger partial charge in [0.1, 0.15) is 0 Å². The van der Waals surface area contributed by atoms with Gasteiger partial charge in [-0.2, -0.15) is 0 Å². The summed E-state index contributed by atoms with van der Waals surface area (Å²) in [6, 6.07) is 3.42. The van der Waals surface area contributed by atoms with E-state index in [9.17, 15) is 9.59 Å². The Bertz CT molecular complexity index is 389. The van der Waals surface area contributed by atoms with Gasteiger partial charge in [0.2, 0.25) is 5.91 Å². The summed E-state index contributed by atoms with van der Waals surface area (Å²) in [6.07, 6.45) is 1.64. The predicted octanol–water partition coefficient (Wildman–Crippen LogP) is 1.15. The third-order valence-corrected chi connectivity index (χ3v) is 3.56. The zero-order chi connectivity index (χ0) is 14.1. The van der Waals surface area contributed by atoms with Gasteiger partial charge in [-0.3, -0.25) is 9.59 Å². The molecule has 1 atom stereocenters. The van der Waals surface area contributed by atoms with Gasteiger partial charge in [-0.15, -0.1) is 11.3 Å². The zero-order valence-corrected chi connectivity index (χ0v) is 11.8. The van der Waals surface area contributed by atoms with Crippen molar-refractivity contribution < 1.29 is 14.7 Å². The van der Waals surface area contributed by atoms with E-state index in [0.29, 0.717) is 30.7 Å². The largest absolute Gasteiger partial charge is 0.394 e. The van der Waals surface area contributed by atoms with E-state index in [0.717, 1.165) is 0 Å². The van der Waals surface area contributed by atoms with Crippen LogP contribution in [0.3, 0.4) is 0 Å². The number of carbonyl (C=O) groups excluding carboxylic acids is 2. The van der Waals surface area contributed by atoms with Gasteiger partial charge >= 0.3 is 0 Å². The molecule has 0 aliphatic heterocycles. The molecule has 0 saturated heterocycles. The van der Waals surface area contributed by atoms with Crippen molar-refractivity contribution in [2.75, 3.05) is 13.2 Å². The first kappa shape index (κ1) is 15.7. The Labute approximate surface area is 117 Å². The van der Waals surface area contributed by atoms with Crippen LogP contribution in [0.4, 0.5) is 0 Å². The molecule has 0 aliphatic rings. The van der Waals surface area contributed by atoms with Gasteiger partial charge in [0.05, 0.1) is 17.5 Å². The molecule has 0 fully saturated rings. The smallest absolute Gasteiger partial charge is 0.261 e. The topological polar surface area (TPSA) is 78.4 Å². The second kappa shape index (κ2) is 8.66. The molecule has 6 heteroatoms. The lowest BCUT2D eigenvalue weighted by molar-refractivity contribution is -0.122. The maximum absolute atomic E-state index is 11.6. The van der Waals surface area contributed by atoms with Gasteiger partial charge < -0.3 is 15.7 Å². The highest BCUT2D eigenvalue weighted by atomic mass is 32.1. The summed E-state index contributed by atoms with van der Waals surface area (Å²) in [6.45, 7) is 2.33. The number of hydrogen-bond donors (Lipinski definition) is 3. The fourth-order valence-electron chi connectivity index (χ4n) is 1.52. The van der Waals surface area contributed by atoms with E-state index in [2.05, 4.69) is 10.6 Å². The fraction of sp³-hybridized carbons (Fsp3) is 0.538. The van der Waals surface area contributed by atoms with E-state index in [4.69, 9.17) is 5.11 Å². The molecule has 19 heavy (non-hydrogen) atoms. The van der Waals surface area contributed by atoms with E-state index in [1.807, 2.05) is 18.4 Å². The molecule has 1 heterocycles. The normalized spacial score (nSPS) is 11.9. The molecule has 1 rings (SSSR count). The average Bonchev–Trinajstić information content (AvgIpc) is 2.94. The number of aliphatic hydroxyl groups is 1. The Morgan fingerprint density at radius 1 is 1.47 bits per heavy atom. The fourth-order valence-corrected chi connectivity index (χ4v) is 2.16. The average molecular weight is 284 g/mol. The molecule has 0 radical (unpaired) electrons. The summed E-state index contributed by atoms with van der Waals surface area (Å²) in [5, 5.41) is 16.3. The Hall–Kier alpha value is -1.40. The highest BCUT2D eigenvalue weighted by molar-refractivity contribution is 7.12. The molecule has 0 aliphatic carbocycles. The molecule has 0 bridgehead atoms. The molecular formula is C13H20N2O3S. The van der Waals surface area contributed by atoms with Gasteiger partial charge in [0, 0.05) is 13.0 Å². The number of carbonyl (C=O) groups is 2. The standard InChI is InChI=1S/C13H20N2O3S/c1-2-10(9-16)15-12(17)6-3-7-14-13(18)11-5-4-8-19-11/h4-5,8,10,16H,2-3,6-7,9H2,1H3,(H,14,18)(H,15,17)/t10-/m0/s1. The SMILES string of the molecule is CC[C@@H](CO)NC(=O)CCCNC(=O)c1cccs1. The maximum Gasteiger partial charge on any atom is 0.261 e. The van der Waals surface area contributed by atoms with E-state index in [-0.39, 0.29) is 24.5 Å². The number of nitrogens with one attached hydrogen (secondary N) is 2. The molecule has 3 N–H and O–H groups in total. The van der Waals surface area contributed by atoms with Crippen molar-refractivity contribution in [3.8, 4) is 0 Å². The van der Waals surface area contributed by atoms with Crippen LogP contribution in [0, 0.1) is 0 Å². The highest BCUT2D eigenvalue weighted by Gasteiger charge is 2.09. The summed E-state index contributed by atoms with van der Waals surface area (Å²) >= 11 is 1.39. The number of rotatable bonds is 8. The molecule has 0 spiro atoms. The van der Waals surface area contributed by atoms with Crippen LogP contribution in [0.2, 0.25) is 0 Å². The molecule has 106 valence electrons. The summed E-state index contributed by atoms with van der Waals surface area (Å²) in [4.78, 5) is 23.8. The maximum atomic E-state index is 11.6. The van der Waals surface area contributed by atoms with Crippen molar-refractivity contribution in [1.29, 1.82) is 0 Å². The van der Waals surface area contributed by atoms with Crippen LogP contribution < -0.4 is 10.6 Å². The van der Waals surface area contributed by atoms with Crippen LogP contribution in [-0.2, 0) is 4.79 Å². The molecule has 2 amide bonds. The van der Waals surface area contributed by atoms with Gasteiger partial charge in [-0.25, -0.2) is 0 Å². The lowest BCUT2D eigenvalue weighted by Gasteiger charge is -2.13. The number of amides is 2. The van der Waals surface area contributed by atoms with Crippen LogP contribution in [0.25, 0.3) is 0 Å². The zero-order valence-electron chi connectivity index (χ0n) is 11.0. The van der Waals surface area contributed by atoms with Crippen molar-refractivity contribution in [3.63, 3.8) is 0 Å². The van der Waals surface area contributed by atoms with Crippen LogP contribution in [0.5, 0.6) is 0 Å². The van der Waals surface area contributed by atoms with Crippen LogP contribution >= 0.6 is 11.3 Å². The lowest BCUT2D eigenvalue weighted by atomic mass is 10.2. The minimum atomic E-state index is -0.173. The number of aliphatic hydroxyl groups excluding tert-OH is 1. The summed E-state index contributed by atoms with van der Waals surface area (Å²) < 4.78 is 0. The second-order valence-corrected chi connectivity index (χ2v) is 5.14. The van der Waals surface area contributed by atoms with E-state index < -0.39 is 0 Å². The lowest BCUT2D eigenvalue weighted by Crippen LogP contribution is -2.37. The predicted molar refractivity (Wildman–Crippen MR) is 75.2 cm³/mol. The molecule has 0 aromatic carbocycles. The first-order chi connectivity index (χ1) is 9.17. The molecule has 1 aromatic rings. The van der Waals surface area contributed by atoms with E-state index >= 15 is 0 Å². The first-order valence-electron chi connectivity index (χ1n) is 6.39. The highest BCUT2D eigenvalue weighted by Crippen LogP contribution is 2.07. The monoisotopic (exact) mass is 284 g/mol. The Morgan fingerprint density at radius 2 is 2.26 bits per heavy atom. The Morgan fingerprint density at radius 3 is 2.84 bits per heavy atom. The van der Waals surface area contributed by atoms with Crippen molar-refractivity contribution >= 4 is 23.2 Å². The second-order valence-electron chi connectivity index (χ2n) is 4.19. The van der Waals surface area contributed by atoms with Crippen molar-refractivity contribution in [3.05, 3.63) is 22.4 Å². The molecule has 1 aromatic heterocycles. The summed E-state index contributed by atoms with van der Waals surface area (Å²) in [5.41, 5.74) is 0. The minimum absolute atomic E-state index is 0.0443. The first-order valence-corrected chi connectivity index (χ1v) is 7.27. The molecule has 0 unspecified atom stereocenters. The van der Waals surface area contributed by atoms with Crippen molar-refractivity contribution in [1.82, 2.24) is 10.6 Å². The van der Waals surface area contributed by atoms with Crippen molar-refractivity contribution in [2.45, 2.75) is 32.2 Å². The Balaban J connectivity index is 2.13. The Kier molecular flexibility index (Phi) is 7.14. The third-order valence-electron chi connectivity index (χ3n) is 2.69. The van der Waals surface area contributed by atoms with Gasteiger partial charge in [0.15, 0.2) is 0 Å². The molecule has 0 saturated carbocycles. The van der Waals surface area contributed by atoms with Crippen LogP contribution in [-0.4, -0.2) is 36.1 Å². The van der Waals surface area contributed by atoms with Gasteiger partial charge in [-0.05, 0) is 24.3 Å². The quantitative estimate of drug-likeness (QED) is 0.627. The van der Waals surface area contributed by atoms with Crippen LogP contribution in [0.15, 0.2) is 17.5 Å². The number of thiophene rings is 1. The molecular weight excluding hydrogens is 264 g/mol.